The molecule has 0 aliphatic rings. The Hall–Kier alpha value is -2.57. The third kappa shape index (κ3) is 3.01. The fraction of sp³-hybridized carbons (Fsp3) is 0.250. The van der Waals surface area contributed by atoms with Gasteiger partial charge in [-0.1, -0.05) is 0 Å². The molecule has 0 aromatic carbocycles. The smallest absolute Gasteiger partial charge is 0.340 e. The van der Waals surface area contributed by atoms with E-state index in [4.69, 9.17) is 5.73 Å². The van der Waals surface area contributed by atoms with Crippen molar-refractivity contribution in [1.29, 1.82) is 0 Å². The number of carbonyl (C=O) groups excluding carboxylic acids is 1. The largest absolute Gasteiger partial charge is 0.465 e. The quantitative estimate of drug-likeness (QED) is 0.790. The van der Waals surface area contributed by atoms with Crippen LogP contribution < -0.4 is 11.1 Å². The molecule has 2 heterocycles. The van der Waals surface area contributed by atoms with Crippen LogP contribution in [-0.4, -0.2) is 27.8 Å². The molecular formula is C12H15N5O2. The van der Waals surface area contributed by atoms with E-state index in [1.165, 1.54) is 13.3 Å². The summed E-state index contributed by atoms with van der Waals surface area (Å²) < 4.78 is 6.37. The van der Waals surface area contributed by atoms with Crippen LogP contribution in [0.1, 0.15) is 15.9 Å². The van der Waals surface area contributed by atoms with Crippen LogP contribution in [0, 0.1) is 0 Å². The van der Waals surface area contributed by atoms with Crippen molar-refractivity contribution >= 4 is 17.5 Å². The van der Waals surface area contributed by atoms with E-state index in [2.05, 4.69) is 20.1 Å². The number of esters is 1. The average molecular weight is 261 g/mol. The first kappa shape index (κ1) is 12.9. The number of hydrogen-bond donors (Lipinski definition) is 2. The van der Waals surface area contributed by atoms with Crippen molar-refractivity contribution in [3.63, 3.8) is 0 Å². The molecule has 0 radical (unpaired) electrons. The Kier molecular flexibility index (Phi) is 3.65. The molecule has 0 fully saturated rings. The van der Waals surface area contributed by atoms with E-state index < -0.39 is 5.97 Å². The predicted octanol–water partition coefficient (Wildman–Crippen LogP) is 0.796. The van der Waals surface area contributed by atoms with E-state index in [-0.39, 0.29) is 0 Å². The Balaban J connectivity index is 2.10. The predicted molar refractivity (Wildman–Crippen MR) is 70.5 cm³/mol. The normalized spacial score (nSPS) is 10.2. The lowest BCUT2D eigenvalue weighted by molar-refractivity contribution is 0.0602. The minimum atomic E-state index is -0.482. The molecular weight excluding hydrogens is 246 g/mol. The molecule has 0 aliphatic carbocycles. The number of nitrogens with two attached hydrogens (primary N) is 1. The summed E-state index contributed by atoms with van der Waals surface area (Å²) in [5, 5.41) is 7.16. The van der Waals surface area contributed by atoms with Gasteiger partial charge in [0.2, 0.25) is 0 Å². The number of aryl methyl sites for hydroxylation is 1. The van der Waals surface area contributed by atoms with Crippen molar-refractivity contribution in [1.82, 2.24) is 14.8 Å². The topological polar surface area (TPSA) is 95.1 Å². The van der Waals surface area contributed by atoms with Gasteiger partial charge in [0.05, 0.1) is 30.8 Å². The van der Waals surface area contributed by atoms with Gasteiger partial charge in [-0.05, 0) is 6.07 Å². The zero-order chi connectivity index (χ0) is 13.8. The summed E-state index contributed by atoms with van der Waals surface area (Å²) in [6.45, 7) is 0.561. The van der Waals surface area contributed by atoms with Crippen LogP contribution in [0.3, 0.4) is 0 Å². The van der Waals surface area contributed by atoms with E-state index in [1.807, 2.05) is 13.2 Å². The molecule has 0 unspecified atom stereocenters. The van der Waals surface area contributed by atoms with E-state index in [9.17, 15) is 4.79 Å². The highest BCUT2D eigenvalue weighted by molar-refractivity contribution is 5.95. The van der Waals surface area contributed by atoms with Gasteiger partial charge in [0.1, 0.15) is 5.82 Å². The molecule has 0 saturated heterocycles. The molecule has 0 atom stereocenters. The standard InChI is InChI=1S/C12H15N5O2/c1-17-7-8(5-16-17)4-14-11-3-9(12(18)19-2)10(13)6-15-11/h3,5-7H,4,13H2,1-2H3,(H,14,15). The van der Waals surface area contributed by atoms with Crippen molar-refractivity contribution in [3.8, 4) is 0 Å². The Labute approximate surface area is 110 Å². The summed E-state index contributed by atoms with van der Waals surface area (Å²) >= 11 is 0. The second-order valence-corrected chi connectivity index (χ2v) is 4.02. The molecule has 2 aromatic rings. The third-order valence-corrected chi connectivity index (χ3v) is 2.57. The second-order valence-electron chi connectivity index (χ2n) is 4.02. The number of ether oxygens (including phenoxy) is 1. The van der Waals surface area contributed by atoms with Crippen molar-refractivity contribution < 1.29 is 9.53 Å². The van der Waals surface area contributed by atoms with Crippen molar-refractivity contribution in [2.24, 2.45) is 7.05 Å². The monoisotopic (exact) mass is 261 g/mol. The Morgan fingerprint density at radius 2 is 2.32 bits per heavy atom. The van der Waals surface area contributed by atoms with Gasteiger partial charge in [-0.15, -0.1) is 0 Å². The molecule has 3 N–H and O–H groups in total. The van der Waals surface area contributed by atoms with Crippen LogP contribution in [0.15, 0.2) is 24.7 Å². The molecule has 0 saturated carbocycles. The third-order valence-electron chi connectivity index (χ3n) is 2.57. The van der Waals surface area contributed by atoms with Gasteiger partial charge in [0.25, 0.3) is 0 Å². The van der Waals surface area contributed by atoms with Crippen molar-refractivity contribution in [2.45, 2.75) is 6.54 Å². The molecule has 2 aromatic heterocycles. The van der Waals surface area contributed by atoms with Gasteiger partial charge in [-0.3, -0.25) is 4.68 Å². The first-order chi connectivity index (χ1) is 9.10. The van der Waals surface area contributed by atoms with Gasteiger partial charge < -0.3 is 15.8 Å². The number of nitrogen functional groups attached to an aromatic ring is 1. The fourth-order valence-electron chi connectivity index (χ4n) is 1.61. The SMILES string of the molecule is COC(=O)c1cc(NCc2cnn(C)c2)ncc1N. The van der Waals surface area contributed by atoms with Crippen LogP contribution >= 0.6 is 0 Å². The van der Waals surface area contributed by atoms with Crippen molar-refractivity contribution in [3.05, 3.63) is 35.8 Å². The average Bonchev–Trinajstić information content (AvgIpc) is 2.83. The second kappa shape index (κ2) is 5.38. The van der Waals surface area contributed by atoms with Crippen LogP contribution in [-0.2, 0) is 18.3 Å². The summed E-state index contributed by atoms with van der Waals surface area (Å²) in [4.78, 5) is 15.6. The van der Waals surface area contributed by atoms with Gasteiger partial charge in [0.15, 0.2) is 0 Å². The summed E-state index contributed by atoms with van der Waals surface area (Å²) in [5.41, 5.74) is 7.27. The maximum absolute atomic E-state index is 11.5. The molecule has 2 rings (SSSR count). The summed E-state index contributed by atoms with van der Waals surface area (Å²) in [6.07, 6.45) is 5.08. The Bertz CT molecular complexity index is 594. The minimum Gasteiger partial charge on any atom is -0.465 e. The number of carbonyl (C=O) groups is 1. The molecule has 0 spiro atoms. The maximum Gasteiger partial charge on any atom is 0.340 e. The van der Waals surface area contributed by atoms with Gasteiger partial charge in [-0.2, -0.15) is 5.10 Å². The highest BCUT2D eigenvalue weighted by Gasteiger charge is 2.11. The molecule has 0 bridgehead atoms. The molecule has 7 heteroatoms. The van der Waals surface area contributed by atoms with Gasteiger partial charge >= 0.3 is 5.97 Å². The number of pyridine rings is 1. The van der Waals surface area contributed by atoms with Crippen LogP contribution in [0.5, 0.6) is 0 Å². The minimum absolute atomic E-state index is 0.291. The summed E-state index contributed by atoms with van der Waals surface area (Å²) in [6, 6.07) is 1.57. The lowest BCUT2D eigenvalue weighted by Crippen LogP contribution is -2.08. The first-order valence-corrected chi connectivity index (χ1v) is 5.65. The van der Waals surface area contributed by atoms with Crippen LogP contribution in [0.25, 0.3) is 0 Å². The highest BCUT2D eigenvalue weighted by atomic mass is 16.5. The lowest BCUT2D eigenvalue weighted by atomic mass is 10.2. The molecule has 0 amide bonds. The molecule has 19 heavy (non-hydrogen) atoms. The van der Waals surface area contributed by atoms with Gasteiger partial charge in [-0.25, -0.2) is 9.78 Å². The lowest BCUT2D eigenvalue weighted by Gasteiger charge is -2.07. The Morgan fingerprint density at radius 3 is 2.95 bits per heavy atom. The highest BCUT2D eigenvalue weighted by Crippen LogP contribution is 2.16. The van der Waals surface area contributed by atoms with E-state index in [0.29, 0.717) is 23.6 Å². The van der Waals surface area contributed by atoms with E-state index in [0.717, 1.165) is 5.56 Å². The number of rotatable bonds is 4. The summed E-state index contributed by atoms with van der Waals surface area (Å²) in [5.74, 6) is 0.0720. The van der Waals surface area contributed by atoms with E-state index in [1.54, 1.807) is 16.9 Å². The molecule has 0 aliphatic heterocycles. The number of hydrogen-bond acceptors (Lipinski definition) is 6. The number of nitrogens with zero attached hydrogens (tertiary/aromatic N) is 3. The van der Waals surface area contributed by atoms with Gasteiger partial charge in [0, 0.05) is 25.4 Å². The Morgan fingerprint density at radius 1 is 1.53 bits per heavy atom. The maximum atomic E-state index is 11.5. The molecule has 100 valence electrons. The van der Waals surface area contributed by atoms with E-state index >= 15 is 0 Å². The van der Waals surface area contributed by atoms with Crippen LogP contribution in [0.2, 0.25) is 0 Å². The molecule has 7 nitrogen and oxygen atoms in total. The summed E-state index contributed by atoms with van der Waals surface area (Å²) in [7, 11) is 3.16. The zero-order valence-corrected chi connectivity index (χ0v) is 10.8. The van der Waals surface area contributed by atoms with Crippen LogP contribution in [0.4, 0.5) is 11.5 Å². The number of aromatic nitrogens is 3. The zero-order valence-electron chi connectivity index (χ0n) is 10.8. The number of nitrogens with one attached hydrogen (secondary N) is 1. The van der Waals surface area contributed by atoms with Crippen molar-refractivity contribution in [2.75, 3.05) is 18.2 Å². The number of anilines is 2. The number of methoxy groups -OCH3 is 1. The first-order valence-electron chi connectivity index (χ1n) is 5.65. The fourth-order valence-corrected chi connectivity index (χ4v) is 1.61.